The van der Waals surface area contributed by atoms with E-state index in [1.54, 1.807) is 12.0 Å². The molecule has 1 atom stereocenters. The standard InChI is InChI=1S/C29H30N4O3/c1-20(2)33(23-9-5-4-6-10-23)28(35)19-32-26-12-8-7-11-25(26)30-29(32)21-17-27(34)31(18-21)22-13-15-24(36-3)16-14-22/h4-16,20-21H,17-19H2,1-3H3/t21-/m0/s1. The number of imidazole rings is 1. The molecule has 7 heteroatoms. The second-order valence-electron chi connectivity index (χ2n) is 9.34. The Morgan fingerprint density at radius 2 is 1.72 bits per heavy atom. The molecule has 4 aromatic rings. The number of carbonyl (C=O) groups excluding carboxylic acids is 2. The Hall–Kier alpha value is -4.13. The zero-order chi connectivity index (χ0) is 25.2. The molecule has 3 aromatic carbocycles. The van der Waals surface area contributed by atoms with Gasteiger partial charge in [-0.15, -0.1) is 0 Å². The van der Waals surface area contributed by atoms with Crippen molar-refractivity contribution in [3.8, 4) is 5.75 Å². The van der Waals surface area contributed by atoms with E-state index in [4.69, 9.17) is 9.72 Å². The number of para-hydroxylation sites is 3. The molecule has 7 nitrogen and oxygen atoms in total. The van der Waals surface area contributed by atoms with E-state index in [0.717, 1.165) is 34.0 Å². The van der Waals surface area contributed by atoms with Crippen LogP contribution in [0.2, 0.25) is 0 Å². The summed E-state index contributed by atoms with van der Waals surface area (Å²) in [6, 6.07) is 25.1. The summed E-state index contributed by atoms with van der Waals surface area (Å²) in [5, 5.41) is 0. The number of hydrogen-bond acceptors (Lipinski definition) is 4. The van der Waals surface area contributed by atoms with E-state index in [1.807, 2.05) is 102 Å². The predicted octanol–water partition coefficient (Wildman–Crippen LogP) is 5.01. The summed E-state index contributed by atoms with van der Waals surface area (Å²) in [7, 11) is 1.62. The highest BCUT2D eigenvalue weighted by atomic mass is 16.5. The second-order valence-corrected chi connectivity index (χ2v) is 9.34. The summed E-state index contributed by atoms with van der Waals surface area (Å²) in [5.74, 6) is 1.42. The lowest BCUT2D eigenvalue weighted by atomic mass is 10.1. The van der Waals surface area contributed by atoms with Crippen molar-refractivity contribution in [1.82, 2.24) is 9.55 Å². The summed E-state index contributed by atoms with van der Waals surface area (Å²) in [4.78, 5) is 35.2. The van der Waals surface area contributed by atoms with Crippen molar-refractivity contribution in [3.05, 3.63) is 84.7 Å². The molecule has 0 saturated carbocycles. The first kappa shape index (κ1) is 23.6. The molecule has 2 heterocycles. The Labute approximate surface area is 210 Å². The van der Waals surface area contributed by atoms with Crippen LogP contribution >= 0.6 is 0 Å². The topological polar surface area (TPSA) is 67.7 Å². The van der Waals surface area contributed by atoms with E-state index in [9.17, 15) is 9.59 Å². The van der Waals surface area contributed by atoms with E-state index in [1.165, 1.54) is 0 Å². The largest absolute Gasteiger partial charge is 0.497 e. The molecule has 184 valence electrons. The normalized spacial score (nSPS) is 15.6. The van der Waals surface area contributed by atoms with Crippen LogP contribution in [0.3, 0.4) is 0 Å². The average molecular weight is 483 g/mol. The van der Waals surface area contributed by atoms with Gasteiger partial charge >= 0.3 is 0 Å². The third-order valence-corrected chi connectivity index (χ3v) is 6.67. The molecule has 1 aliphatic rings. The first-order valence-corrected chi connectivity index (χ1v) is 12.2. The first-order chi connectivity index (χ1) is 17.5. The third kappa shape index (κ3) is 4.44. The minimum Gasteiger partial charge on any atom is -0.497 e. The zero-order valence-corrected chi connectivity index (χ0v) is 20.8. The molecule has 1 aromatic heterocycles. The highest BCUT2D eigenvalue weighted by Crippen LogP contribution is 2.34. The minimum atomic E-state index is -0.121. The lowest BCUT2D eigenvalue weighted by molar-refractivity contribution is -0.119. The molecule has 0 radical (unpaired) electrons. The molecule has 5 rings (SSSR count). The number of benzene rings is 3. The van der Waals surface area contributed by atoms with Gasteiger partial charge in [0.1, 0.15) is 18.1 Å². The van der Waals surface area contributed by atoms with Crippen molar-refractivity contribution in [2.24, 2.45) is 0 Å². The van der Waals surface area contributed by atoms with Crippen LogP contribution in [0.1, 0.15) is 32.0 Å². The molecule has 1 saturated heterocycles. The van der Waals surface area contributed by atoms with Crippen LogP contribution in [0, 0.1) is 0 Å². The lowest BCUT2D eigenvalue weighted by Gasteiger charge is -2.27. The third-order valence-electron chi connectivity index (χ3n) is 6.67. The Morgan fingerprint density at radius 3 is 2.42 bits per heavy atom. The summed E-state index contributed by atoms with van der Waals surface area (Å²) in [5.41, 5.74) is 3.42. The van der Waals surface area contributed by atoms with Gasteiger partial charge in [-0.05, 0) is 62.4 Å². The summed E-state index contributed by atoms with van der Waals surface area (Å²) in [6.45, 7) is 4.69. The first-order valence-electron chi connectivity index (χ1n) is 12.2. The monoisotopic (exact) mass is 482 g/mol. The molecule has 36 heavy (non-hydrogen) atoms. The molecule has 1 fully saturated rings. The molecule has 0 unspecified atom stereocenters. The highest BCUT2D eigenvalue weighted by Gasteiger charge is 2.35. The van der Waals surface area contributed by atoms with Crippen LogP contribution in [0.4, 0.5) is 11.4 Å². The van der Waals surface area contributed by atoms with Gasteiger partial charge in [-0.3, -0.25) is 9.59 Å². The molecule has 0 bridgehead atoms. The van der Waals surface area contributed by atoms with Crippen LogP contribution in [0.15, 0.2) is 78.9 Å². The molecule has 0 aliphatic carbocycles. The van der Waals surface area contributed by atoms with Crippen molar-refractivity contribution >= 4 is 34.2 Å². The zero-order valence-electron chi connectivity index (χ0n) is 20.8. The Morgan fingerprint density at radius 1 is 1.03 bits per heavy atom. The van der Waals surface area contributed by atoms with Gasteiger partial charge in [0.2, 0.25) is 11.8 Å². The van der Waals surface area contributed by atoms with Gasteiger partial charge in [0.05, 0.1) is 18.1 Å². The van der Waals surface area contributed by atoms with E-state index in [2.05, 4.69) is 0 Å². The van der Waals surface area contributed by atoms with E-state index in [-0.39, 0.29) is 30.3 Å². The van der Waals surface area contributed by atoms with Crippen LogP contribution in [0.25, 0.3) is 11.0 Å². The van der Waals surface area contributed by atoms with Crippen molar-refractivity contribution in [2.75, 3.05) is 23.5 Å². The van der Waals surface area contributed by atoms with Crippen molar-refractivity contribution < 1.29 is 14.3 Å². The minimum absolute atomic E-state index is 0.00300. The maximum absolute atomic E-state index is 13.7. The lowest BCUT2D eigenvalue weighted by Crippen LogP contribution is -2.39. The van der Waals surface area contributed by atoms with Crippen molar-refractivity contribution in [2.45, 2.75) is 38.8 Å². The Kier molecular flexibility index (Phi) is 6.46. The van der Waals surface area contributed by atoms with E-state index >= 15 is 0 Å². The smallest absolute Gasteiger partial charge is 0.247 e. The van der Waals surface area contributed by atoms with Crippen LogP contribution in [-0.2, 0) is 16.1 Å². The number of carbonyl (C=O) groups is 2. The fraction of sp³-hybridized carbons (Fsp3) is 0.276. The van der Waals surface area contributed by atoms with Crippen molar-refractivity contribution in [3.63, 3.8) is 0 Å². The fourth-order valence-corrected chi connectivity index (χ4v) is 4.99. The number of aromatic nitrogens is 2. The van der Waals surface area contributed by atoms with Gasteiger partial charge in [0.15, 0.2) is 0 Å². The maximum Gasteiger partial charge on any atom is 0.247 e. The van der Waals surface area contributed by atoms with E-state index in [0.29, 0.717) is 13.0 Å². The number of ether oxygens (including phenoxy) is 1. The number of nitrogens with zero attached hydrogens (tertiary/aromatic N) is 4. The number of anilines is 2. The molecule has 0 spiro atoms. The van der Waals surface area contributed by atoms with Crippen LogP contribution in [-0.4, -0.2) is 41.1 Å². The molecular formula is C29H30N4O3. The number of fused-ring (bicyclic) bond motifs is 1. The average Bonchev–Trinajstić information content (AvgIpc) is 3.45. The molecular weight excluding hydrogens is 452 g/mol. The van der Waals surface area contributed by atoms with Gasteiger partial charge < -0.3 is 19.1 Å². The summed E-state index contributed by atoms with van der Waals surface area (Å²) < 4.78 is 7.24. The highest BCUT2D eigenvalue weighted by molar-refractivity contribution is 5.97. The molecule has 1 aliphatic heterocycles. The number of hydrogen-bond donors (Lipinski definition) is 0. The van der Waals surface area contributed by atoms with Gasteiger partial charge in [-0.2, -0.15) is 0 Å². The predicted molar refractivity (Wildman–Crippen MR) is 142 cm³/mol. The fourth-order valence-electron chi connectivity index (χ4n) is 4.99. The van der Waals surface area contributed by atoms with Gasteiger partial charge in [0, 0.05) is 36.3 Å². The molecule has 2 amide bonds. The van der Waals surface area contributed by atoms with Gasteiger partial charge in [-0.1, -0.05) is 30.3 Å². The van der Waals surface area contributed by atoms with Crippen LogP contribution in [0.5, 0.6) is 5.75 Å². The number of amides is 2. The van der Waals surface area contributed by atoms with Crippen molar-refractivity contribution in [1.29, 1.82) is 0 Å². The summed E-state index contributed by atoms with van der Waals surface area (Å²) >= 11 is 0. The summed E-state index contributed by atoms with van der Waals surface area (Å²) in [6.07, 6.45) is 0.343. The maximum atomic E-state index is 13.7. The van der Waals surface area contributed by atoms with Gasteiger partial charge in [-0.25, -0.2) is 4.98 Å². The second kappa shape index (κ2) is 9.85. The quantitative estimate of drug-likeness (QED) is 0.372. The van der Waals surface area contributed by atoms with Gasteiger partial charge in [0.25, 0.3) is 0 Å². The Balaban J connectivity index is 1.47. The number of rotatable bonds is 7. The van der Waals surface area contributed by atoms with Crippen LogP contribution < -0.4 is 14.5 Å². The SMILES string of the molecule is COc1ccc(N2C[C@@H](c3nc4ccccc4n3CC(=O)N(c3ccccc3)C(C)C)CC2=O)cc1. The number of methoxy groups -OCH3 is 1. The molecule has 0 N–H and O–H groups in total. The van der Waals surface area contributed by atoms with E-state index < -0.39 is 0 Å². The Bertz CT molecular complexity index is 1380.